The molecule has 0 saturated heterocycles. The van der Waals surface area contributed by atoms with Gasteiger partial charge in [-0.1, -0.05) is 63.1 Å². The minimum atomic E-state index is -1.01. The third kappa shape index (κ3) is 3.97. The zero-order valence-electron chi connectivity index (χ0n) is 17.8. The van der Waals surface area contributed by atoms with E-state index in [1.165, 1.54) is 0 Å². The van der Waals surface area contributed by atoms with Gasteiger partial charge in [0.2, 0.25) is 0 Å². The number of hydrogen-bond donors (Lipinski definition) is 1. The molecule has 1 saturated carbocycles. The first-order valence-electron chi connectivity index (χ1n) is 10.6. The molecule has 1 unspecified atom stereocenters. The highest BCUT2D eigenvalue weighted by atomic mass is 16.4. The largest absolute Gasteiger partial charge is 0.481 e. The van der Waals surface area contributed by atoms with E-state index in [-0.39, 0.29) is 5.78 Å². The third-order valence-electron chi connectivity index (χ3n) is 6.85. The molecule has 0 amide bonds. The Hall–Kier alpha value is -1.64. The molecule has 27 heavy (non-hydrogen) atoms. The van der Waals surface area contributed by atoms with Crippen LogP contribution in [0.15, 0.2) is 12.1 Å². The zero-order chi connectivity index (χ0) is 20.2. The molecule has 1 aromatic carbocycles. The average molecular weight is 373 g/mol. The Bertz CT molecular complexity index is 675. The number of hydrogen-bond acceptors (Lipinski definition) is 2. The molecule has 2 rings (SSSR count). The Balaban J connectivity index is 2.58. The van der Waals surface area contributed by atoms with Gasteiger partial charge in [-0.3, -0.25) is 9.59 Å². The van der Waals surface area contributed by atoms with E-state index in [9.17, 15) is 14.7 Å². The Morgan fingerprint density at radius 1 is 1.04 bits per heavy atom. The maximum atomic E-state index is 14.0. The van der Waals surface area contributed by atoms with E-state index in [0.29, 0.717) is 19.3 Å². The van der Waals surface area contributed by atoms with Crippen molar-refractivity contribution in [1.82, 2.24) is 0 Å². The van der Waals surface area contributed by atoms with Gasteiger partial charge in [0.25, 0.3) is 0 Å². The summed E-state index contributed by atoms with van der Waals surface area (Å²) >= 11 is 0. The second-order valence-corrected chi connectivity index (χ2v) is 8.84. The van der Waals surface area contributed by atoms with Gasteiger partial charge in [0.15, 0.2) is 5.78 Å². The van der Waals surface area contributed by atoms with Crippen molar-refractivity contribution in [1.29, 1.82) is 0 Å². The third-order valence-corrected chi connectivity index (χ3v) is 6.85. The highest BCUT2D eigenvalue weighted by Gasteiger charge is 2.57. The number of aryl methyl sites for hydroxylation is 3. The Labute approximate surface area is 164 Å². The Morgan fingerprint density at radius 3 is 2.07 bits per heavy atom. The predicted molar refractivity (Wildman–Crippen MR) is 110 cm³/mol. The molecular formula is C24H36O3. The minimum absolute atomic E-state index is 0.0681. The second kappa shape index (κ2) is 8.58. The van der Waals surface area contributed by atoms with Crippen LogP contribution in [0.25, 0.3) is 0 Å². The van der Waals surface area contributed by atoms with E-state index in [4.69, 9.17) is 0 Å². The normalized spacial score (nSPS) is 18.7. The summed E-state index contributed by atoms with van der Waals surface area (Å²) in [4.78, 5) is 26.5. The summed E-state index contributed by atoms with van der Waals surface area (Å²) in [7, 11) is 0. The molecule has 0 bridgehead atoms. The van der Waals surface area contributed by atoms with Crippen molar-refractivity contribution in [2.24, 2.45) is 10.8 Å². The molecule has 0 heterocycles. The van der Waals surface area contributed by atoms with Crippen molar-refractivity contribution in [2.45, 2.75) is 92.4 Å². The summed E-state index contributed by atoms with van der Waals surface area (Å²) in [5.74, 6) is -0.741. The lowest BCUT2D eigenvalue weighted by molar-refractivity contribution is -0.157. The van der Waals surface area contributed by atoms with Crippen LogP contribution in [0, 0.1) is 31.6 Å². The summed E-state index contributed by atoms with van der Waals surface area (Å²) < 4.78 is 0. The van der Waals surface area contributed by atoms with Crippen LogP contribution in [-0.2, 0) is 4.79 Å². The summed E-state index contributed by atoms with van der Waals surface area (Å²) in [5, 5.41) is 10.3. The summed E-state index contributed by atoms with van der Waals surface area (Å²) in [6.45, 7) is 9.97. The topological polar surface area (TPSA) is 54.4 Å². The van der Waals surface area contributed by atoms with E-state index >= 15 is 0 Å². The molecule has 0 aliphatic heterocycles. The van der Waals surface area contributed by atoms with E-state index < -0.39 is 16.8 Å². The molecule has 1 fully saturated rings. The zero-order valence-corrected chi connectivity index (χ0v) is 17.8. The smallest absolute Gasteiger partial charge is 0.310 e. The fourth-order valence-corrected chi connectivity index (χ4v) is 5.24. The first-order valence-corrected chi connectivity index (χ1v) is 10.6. The fourth-order valence-electron chi connectivity index (χ4n) is 5.24. The second-order valence-electron chi connectivity index (χ2n) is 8.84. The Kier molecular flexibility index (Phi) is 6.88. The van der Waals surface area contributed by atoms with Gasteiger partial charge in [-0.15, -0.1) is 0 Å². The molecule has 0 aromatic heterocycles. The lowest BCUT2D eigenvalue weighted by Gasteiger charge is -2.48. The molecule has 3 nitrogen and oxygen atoms in total. The minimum Gasteiger partial charge on any atom is -0.481 e. The lowest BCUT2D eigenvalue weighted by Crippen LogP contribution is -2.52. The van der Waals surface area contributed by atoms with Crippen molar-refractivity contribution in [3.8, 4) is 0 Å². The number of unbranched alkanes of at least 4 members (excludes halogenated alkanes) is 2. The summed E-state index contributed by atoms with van der Waals surface area (Å²) in [6, 6.07) is 4.10. The first-order chi connectivity index (χ1) is 12.7. The van der Waals surface area contributed by atoms with Crippen molar-refractivity contribution in [2.75, 3.05) is 0 Å². The van der Waals surface area contributed by atoms with Gasteiger partial charge < -0.3 is 5.11 Å². The van der Waals surface area contributed by atoms with Crippen LogP contribution in [0.5, 0.6) is 0 Å². The van der Waals surface area contributed by atoms with Crippen LogP contribution >= 0.6 is 0 Å². The van der Waals surface area contributed by atoms with Crippen molar-refractivity contribution in [3.05, 3.63) is 34.4 Å². The van der Waals surface area contributed by atoms with Gasteiger partial charge in [0.1, 0.15) is 0 Å². The van der Waals surface area contributed by atoms with Crippen molar-refractivity contribution >= 4 is 11.8 Å². The van der Waals surface area contributed by atoms with E-state index in [2.05, 4.69) is 6.92 Å². The number of aliphatic carboxylic acids is 1. The number of benzene rings is 1. The van der Waals surface area contributed by atoms with Crippen LogP contribution in [0.4, 0.5) is 0 Å². The van der Waals surface area contributed by atoms with Gasteiger partial charge in [0.05, 0.1) is 5.41 Å². The maximum Gasteiger partial charge on any atom is 0.310 e. The standard InChI is InChI=1S/C24H36O3/c1-6-7-9-12-23(5,22(26)27)24(13-10-8-11-14-24)21(25)20-18(3)15-17(2)16-19(20)4/h15-16H,6-14H2,1-5H3,(H,26,27). The summed E-state index contributed by atoms with van der Waals surface area (Å²) in [5.41, 5.74) is 2.04. The Morgan fingerprint density at radius 2 is 1.59 bits per heavy atom. The molecule has 0 spiro atoms. The maximum absolute atomic E-state index is 14.0. The van der Waals surface area contributed by atoms with Gasteiger partial charge in [-0.05, 0) is 58.1 Å². The summed E-state index contributed by atoms with van der Waals surface area (Å²) in [6.07, 6.45) is 7.83. The van der Waals surface area contributed by atoms with Gasteiger partial charge in [-0.2, -0.15) is 0 Å². The van der Waals surface area contributed by atoms with E-state index in [1.54, 1.807) is 0 Å². The number of rotatable bonds is 8. The number of ketones is 1. The monoisotopic (exact) mass is 372 g/mol. The molecule has 1 atom stereocenters. The number of carboxylic acid groups (broad SMARTS) is 1. The molecule has 1 aliphatic rings. The molecule has 0 radical (unpaired) electrons. The molecule has 150 valence electrons. The van der Waals surface area contributed by atoms with Crippen LogP contribution in [0.1, 0.15) is 98.7 Å². The number of Topliss-reactive ketones (excluding diaryl/α,β-unsaturated/α-hetero) is 1. The predicted octanol–water partition coefficient (Wildman–Crippen LogP) is 6.42. The number of carboxylic acids is 1. The number of carbonyl (C=O) groups is 2. The van der Waals surface area contributed by atoms with Crippen molar-refractivity contribution in [3.63, 3.8) is 0 Å². The fraction of sp³-hybridized carbons (Fsp3) is 0.667. The van der Waals surface area contributed by atoms with Crippen molar-refractivity contribution < 1.29 is 14.7 Å². The highest BCUT2D eigenvalue weighted by molar-refractivity contribution is 6.05. The molecule has 1 N–H and O–H groups in total. The van der Waals surface area contributed by atoms with Crippen LogP contribution < -0.4 is 0 Å². The van der Waals surface area contributed by atoms with E-state index in [1.807, 2.05) is 39.8 Å². The molecular weight excluding hydrogens is 336 g/mol. The van der Waals surface area contributed by atoms with Crippen LogP contribution in [0.2, 0.25) is 0 Å². The SMILES string of the molecule is CCCCCC(C)(C(=O)O)C1(C(=O)c2c(C)cc(C)cc2C)CCCCC1. The quantitative estimate of drug-likeness (QED) is 0.423. The van der Waals surface area contributed by atoms with E-state index in [0.717, 1.165) is 60.8 Å². The molecule has 1 aromatic rings. The average Bonchev–Trinajstić information content (AvgIpc) is 2.61. The lowest BCUT2D eigenvalue weighted by atomic mass is 9.53. The van der Waals surface area contributed by atoms with Crippen LogP contribution in [0.3, 0.4) is 0 Å². The number of carbonyl (C=O) groups excluding carboxylic acids is 1. The highest BCUT2D eigenvalue weighted by Crippen LogP contribution is 2.55. The molecule has 1 aliphatic carbocycles. The van der Waals surface area contributed by atoms with Crippen LogP contribution in [-0.4, -0.2) is 16.9 Å². The van der Waals surface area contributed by atoms with Gasteiger partial charge in [0, 0.05) is 11.0 Å². The van der Waals surface area contributed by atoms with Gasteiger partial charge in [-0.25, -0.2) is 0 Å². The first kappa shape index (κ1) is 21.7. The van der Waals surface area contributed by atoms with Gasteiger partial charge >= 0.3 is 5.97 Å². The molecule has 3 heteroatoms.